The summed E-state index contributed by atoms with van der Waals surface area (Å²) in [5, 5.41) is 2.78. The van der Waals surface area contributed by atoms with E-state index in [-0.39, 0.29) is 5.91 Å². The summed E-state index contributed by atoms with van der Waals surface area (Å²) in [5.74, 6) is 0.941. The second-order valence-corrected chi connectivity index (χ2v) is 6.22. The summed E-state index contributed by atoms with van der Waals surface area (Å²) in [6, 6.07) is 5.14. The standard InChI is InChI=1S/C13H15Cl2NO3/c1-12(7-13(12,14)15)11(17)16-8-4-5-9(18-2)10(6-8)19-3/h4-6H,7H2,1-3H3,(H,16,17)/t12-/m1/s1. The van der Waals surface area contributed by atoms with Crippen molar-refractivity contribution in [1.82, 2.24) is 0 Å². The summed E-state index contributed by atoms with van der Waals surface area (Å²) in [4.78, 5) is 12.1. The Morgan fingerprint density at radius 1 is 1.26 bits per heavy atom. The summed E-state index contributed by atoms with van der Waals surface area (Å²) in [5.41, 5.74) is -0.136. The Kier molecular flexibility index (Phi) is 3.58. The van der Waals surface area contributed by atoms with Crippen LogP contribution in [-0.4, -0.2) is 24.5 Å². The SMILES string of the molecule is COc1ccc(NC(=O)[C@@]2(C)CC2(Cl)Cl)cc1OC. The molecule has 1 aliphatic carbocycles. The van der Waals surface area contributed by atoms with Gasteiger partial charge in [0.2, 0.25) is 5.91 Å². The zero-order chi connectivity index (χ0) is 14.3. The van der Waals surface area contributed by atoms with Crippen LogP contribution in [0.3, 0.4) is 0 Å². The molecule has 6 heteroatoms. The van der Waals surface area contributed by atoms with Crippen LogP contribution >= 0.6 is 23.2 Å². The second-order valence-electron chi connectivity index (χ2n) is 4.74. The van der Waals surface area contributed by atoms with Crippen molar-refractivity contribution < 1.29 is 14.3 Å². The van der Waals surface area contributed by atoms with E-state index in [1.165, 1.54) is 7.11 Å². The molecule has 0 unspecified atom stereocenters. The van der Waals surface area contributed by atoms with Crippen LogP contribution in [0.4, 0.5) is 5.69 Å². The molecule has 4 nitrogen and oxygen atoms in total. The van der Waals surface area contributed by atoms with Gasteiger partial charge in [0.1, 0.15) is 4.33 Å². The predicted molar refractivity (Wildman–Crippen MR) is 75.3 cm³/mol. The second kappa shape index (κ2) is 4.76. The average Bonchev–Trinajstić information content (AvgIpc) is 2.89. The van der Waals surface area contributed by atoms with Crippen LogP contribution in [0, 0.1) is 5.41 Å². The zero-order valence-corrected chi connectivity index (χ0v) is 12.4. The molecule has 1 aromatic rings. The molecule has 1 saturated carbocycles. The molecule has 19 heavy (non-hydrogen) atoms. The van der Waals surface area contributed by atoms with Crippen molar-refractivity contribution in [1.29, 1.82) is 0 Å². The van der Waals surface area contributed by atoms with E-state index in [2.05, 4.69) is 5.32 Å². The van der Waals surface area contributed by atoms with Gasteiger partial charge < -0.3 is 14.8 Å². The molecule has 1 amide bonds. The molecule has 0 bridgehead atoms. The summed E-state index contributed by atoms with van der Waals surface area (Å²) in [6.07, 6.45) is 0.447. The lowest BCUT2D eigenvalue weighted by Crippen LogP contribution is -2.25. The molecule has 0 heterocycles. The fraction of sp³-hybridized carbons (Fsp3) is 0.462. The maximum Gasteiger partial charge on any atom is 0.233 e. The summed E-state index contributed by atoms with van der Waals surface area (Å²) < 4.78 is 9.32. The zero-order valence-electron chi connectivity index (χ0n) is 10.9. The lowest BCUT2D eigenvalue weighted by molar-refractivity contribution is -0.120. The van der Waals surface area contributed by atoms with Gasteiger partial charge in [0.25, 0.3) is 0 Å². The number of ether oxygens (including phenoxy) is 2. The van der Waals surface area contributed by atoms with Crippen LogP contribution in [0.25, 0.3) is 0 Å². The van der Waals surface area contributed by atoms with Crippen molar-refractivity contribution >= 4 is 34.8 Å². The number of carbonyl (C=O) groups is 1. The van der Waals surface area contributed by atoms with Gasteiger partial charge in [-0.2, -0.15) is 0 Å². The van der Waals surface area contributed by atoms with Gasteiger partial charge >= 0.3 is 0 Å². The number of rotatable bonds is 4. The van der Waals surface area contributed by atoms with Crippen LogP contribution in [0.15, 0.2) is 18.2 Å². The number of methoxy groups -OCH3 is 2. The molecular formula is C13H15Cl2NO3. The van der Waals surface area contributed by atoms with Crippen LogP contribution in [0.1, 0.15) is 13.3 Å². The van der Waals surface area contributed by atoms with Crippen molar-refractivity contribution in [3.05, 3.63) is 18.2 Å². The molecule has 1 fully saturated rings. The number of alkyl halides is 2. The van der Waals surface area contributed by atoms with Gasteiger partial charge in [-0.25, -0.2) is 0 Å². The van der Waals surface area contributed by atoms with Gasteiger partial charge in [0, 0.05) is 11.8 Å². The van der Waals surface area contributed by atoms with E-state index in [0.29, 0.717) is 23.6 Å². The Hall–Kier alpha value is -1.13. The summed E-state index contributed by atoms with van der Waals surface area (Å²) in [7, 11) is 3.09. The van der Waals surface area contributed by atoms with Crippen LogP contribution in [0.2, 0.25) is 0 Å². The molecule has 0 aliphatic heterocycles. The van der Waals surface area contributed by atoms with Gasteiger partial charge in [-0.1, -0.05) is 0 Å². The minimum atomic E-state index is -0.979. The topological polar surface area (TPSA) is 47.6 Å². The largest absolute Gasteiger partial charge is 0.493 e. The van der Waals surface area contributed by atoms with Crippen molar-refractivity contribution in [2.24, 2.45) is 5.41 Å². The van der Waals surface area contributed by atoms with Crippen LogP contribution < -0.4 is 14.8 Å². The Morgan fingerprint density at radius 3 is 2.32 bits per heavy atom. The third-order valence-corrected chi connectivity index (χ3v) is 4.50. The van der Waals surface area contributed by atoms with Gasteiger partial charge in [-0.15, -0.1) is 23.2 Å². The Balaban J connectivity index is 2.14. The first kappa shape index (κ1) is 14.3. The molecular weight excluding hydrogens is 289 g/mol. The van der Waals surface area contributed by atoms with Crippen molar-refractivity contribution in [2.45, 2.75) is 17.7 Å². The van der Waals surface area contributed by atoms with Crippen molar-refractivity contribution in [3.8, 4) is 11.5 Å². The highest BCUT2D eigenvalue weighted by atomic mass is 35.5. The first-order chi connectivity index (χ1) is 8.84. The van der Waals surface area contributed by atoms with E-state index < -0.39 is 9.75 Å². The fourth-order valence-electron chi connectivity index (χ4n) is 1.83. The number of amides is 1. The number of anilines is 1. The number of halogens is 2. The molecule has 104 valence electrons. The van der Waals surface area contributed by atoms with Gasteiger partial charge in [0.05, 0.1) is 19.6 Å². The molecule has 1 atom stereocenters. The quantitative estimate of drug-likeness (QED) is 0.869. The molecule has 1 N–H and O–H groups in total. The summed E-state index contributed by atoms with van der Waals surface area (Å²) >= 11 is 12.0. The molecule has 2 rings (SSSR count). The molecule has 0 aromatic heterocycles. The third kappa shape index (κ3) is 2.47. The van der Waals surface area contributed by atoms with E-state index >= 15 is 0 Å². The highest BCUT2D eigenvalue weighted by molar-refractivity contribution is 6.53. The van der Waals surface area contributed by atoms with Crippen LogP contribution in [0.5, 0.6) is 11.5 Å². The number of benzene rings is 1. The van der Waals surface area contributed by atoms with Gasteiger partial charge in [-0.3, -0.25) is 4.79 Å². The predicted octanol–water partition coefficient (Wildman–Crippen LogP) is 3.23. The lowest BCUT2D eigenvalue weighted by atomic mass is 10.1. The molecule has 1 aliphatic rings. The monoisotopic (exact) mass is 303 g/mol. The number of nitrogens with one attached hydrogen (secondary N) is 1. The maximum absolute atomic E-state index is 12.1. The Bertz CT molecular complexity index is 519. The lowest BCUT2D eigenvalue weighted by Gasteiger charge is -2.14. The summed E-state index contributed by atoms with van der Waals surface area (Å²) in [6.45, 7) is 1.74. The average molecular weight is 304 g/mol. The van der Waals surface area contributed by atoms with E-state index in [4.69, 9.17) is 32.7 Å². The highest BCUT2D eigenvalue weighted by Gasteiger charge is 2.67. The van der Waals surface area contributed by atoms with E-state index in [0.717, 1.165) is 0 Å². The van der Waals surface area contributed by atoms with Crippen LogP contribution in [-0.2, 0) is 4.79 Å². The molecule has 0 saturated heterocycles. The van der Waals surface area contributed by atoms with E-state index in [1.807, 2.05) is 0 Å². The van der Waals surface area contributed by atoms with E-state index in [1.54, 1.807) is 32.2 Å². The van der Waals surface area contributed by atoms with Crippen molar-refractivity contribution in [3.63, 3.8) is 0 Å². The normalized spacial score (nSPS) is 23.6. The minimum absolute atomic E-state index is 0.204. The van der Waals surface area contributed by atoms with E-state index in [9.17, 15) is 4.79 Å². The number of hydrogen-bond acceptors (Lipinski definition) is 3. The third-order valence-electron chi connectivity index (χ3n) is 3.40. The highest BCUT2D eigenvalue weighted by Crippen LogP contribution is 2.64. The molecule has 1 aromatic carbocycles. The molecule has 0 spiro atoms. The van der Waals surface area contributed by atoms with Gasteiger partial charge in [-0.05, 0) is 25.5 Å². The minimum Gasteiger partial charge on any atom is -0.493 e. The first-order valence-electron chi connectivity index (χ1n) is 5.75. The first-order valence-corrected chi connectivity index (χ1v) is 6.51. The fourth-order valence-corrected chi connectivity index (χ4v) is 2.54. The number of hydrogen-bond donors (Lipinski definition) is 1. The Morgan fingerprint density at radius 2 is 1.84 bits per heavy atom. The van der Waals surface area contributed by atoms with Gasteiger partial charge in [0.15, 0.2) is 11.5 Å². The van der Waals surface area contributed by atoms with Crippen molar-refractivity contribution in [2.75, 3.05) is 19.5 Å². The number of carbonyl (C=O) groups excluding carboxylic acids is 1. The maximum atomic E-state index is 12.1. The smallest absolute Gasteiger partial charge is 0.233 e. The molecule has 0 radical (unpaired) electrons. The Labute approximate surface area is 122 Å².